The molecule has 4 rings (SSSR count). The Bertz CT molecular complexity index is 1470. The summed E-state index contributed by atoms with van der Waals surface area (Å²) in [7, 11) is 1.60. The number of aromatic nitrogens is 2. The van der Waals surface area contributed by atoms with Crippen molar-refractivity contribution in [2.45, 2.75) is 31.7 Å². The van der Waals surface area contributed by atoms with Gasteiger partial charge in [0.2, 0.25) is 0 Å². The highest BCUT2D eigenvalue weighted by Crippen LogP contribution is 2.25. The molecular weight excluding hydrogens is 484 g/mol. The maximum atomic E-state index is 13.8. The van der Waals surface area contributed by atoms with E-state index in [1.807, 2.05) is 87.7 Å². The molecule has 0 saturated heterocycles. The van der Waals surface area contributed by atoms with E-state index < -0.39 is 6.04 Å². The number of methoxy groups -OCH3 is 1. The van der Waals surface area contributed by atoms with Crippen LogP contribution in [0.3, 0.4) is 0 Å². The number of hydrogen-bond acceptors (Lipinski definition) is 5. The summed E-state index contributed by atoms with van der Waals surface area (Å²) in [6.45, 7) is 6.60. The van der Waals surface area contributed by atoms with Crippen molar-refractivity contribution in [3.63, 3.8) is 0 Å². The van der Waals surface area contributed by atoms with Crippen LogP contribution in [0.2, 0.25) is 0 Å². The van der Waals surface area contributed by atoms with Crippen LogP contribution in [0, 0.1) is 13.8 Å². The van der Waals surface area contributed by atoms with Gasteiger partial charge >= 0.3 is 6.03 Å². The van der Waals surface area contributed by atoms with E-state index in [0.29, 0.717) is 41.3 Å². The lowest BCUT2D eigenvalue weighted by Crippen LogP contribution is -2.41. The third kappa shape index (κ3) is 5.70. The normalized spacial score (nSPS) is 11.9. The van der Waals surface area contributed by atoms with Crippen molar-refractivity contribution in [3.8, 4) is 5.69 Å². The van der Waals surface area contributed by atoms with Gasteiger partial charge in [-0.2, -0.15) is 0 Å². The molecule has 0 bridgehead atoms. The second-order valence-corrected chi connectivity index (χ2v) is 9.80. The van der Waals surface area contributed by atoms with Crippen molar-refractivity contribution in [1.82, 2.24) is 14.5 Å². The molecule has 0 fully saturated rings. The molecule has 0 aliphatic heterocycles. The lowest BCUT2D eigenvalue weighted by atomic mass is 10.1. The molecule has 192 valence electrons. The SMILES string of the molecule is COCCN(C(=O)Nc1ccc(SC)cc1)C(C)c1nc2ccccc2c(=O)n1-c1ccc(C)c(C)c1. The minimum absolute atomic E-state index is 0.171. The van der Waals surface area contributed by atoms with Crippen LogP contribution in [0.1, 0.15) is 29.9 Å². The number of fused-ring (bicyclic) bond motifs is 1. The van der Waals surface area contributed by atoms with E-state index in [0.717, 1.165) is 16.0 Å². The van der Waals surface area contributed by atoms with E-state index in [1.165, 1.54) is 0 Å². The second-order valence-electron chi connectivity index (χ2n) is 8.92. The highest BCUT2D eigenvalue weighted by molar-refractivity contribution is 7.98. The van der Waals surface area contributed by atoms with Gasteiger partial charge in [-0.1, -0.05) is 18.2 Å². The fourth-order valence-corrected chi connectivity index (χ4v) is 4.62. The van der Waals surface area contributed by atoms with Gasteiger partial charge in [0.05, 0.1) is 29.2 Å². The fourth-order valence-electron chi connectivity index (χ4n) is 4.21. The summed E-state index contributed by atoms with van der Waals surface area (Å²) in [4.78, 5) is 35.0. The molecule has 0 spiro atoms. The summed E-state index contributed by atoms with van der Waals surface area (Å²) in [5.41, 5.74) is 4.03. The van der Waals surface area contributed by atoms with Crippen LogP contribution >= 0.6 is 11.8 Å². The van der Waals surface area contributed by atoms with E-state index in [1.54, 1.807) is 34.4 Å². The van der Waals surface area contributed by atoms with Crippen LogP contribution in [0.5, 0.6) is 0 Å². The molecule has 2 amide bonds. The molecule has 7 nitrogen and oxygen atoms in total. The van der Waals surface area contributed by atoms with E-state index in [-0.39, 0.29) is 11.6 Å². The van der Waals surface area contributed by atoms with Gasteiger partial charge in [-0.05, 0) is 86.7 Å². The quantitative estimate of drug-likeness (QED) is 0.292. The lowest BCUT2D eigenvalue weighted by molar-refractivity contribution is 0.137. The van der Waals surface area contributed by atoms with Crippen molar-refractivity contribution in [1.29, 1.82) is 0 Å². The monoisotopic (exact) mass is 516 g/mol. The average molecular weight is 517 g/mol. The van der Waals surface area contributed by atoms with Gasteiger partial charge < -0.3 is 15.0 Å². The number of hydrogen-bond donors (Lipinski definition) is 1. The molecule has 0 saturated carbocycles. The number of ether oxygens (including phenoxy) is 1. The molecule has 0 aliphatic rings. The Balaban J connectivity index is 1.81. The van der Waals surface area contributed by atoms with Gasteiger partial charge in [0.1, 0.15) is 5.82 Å². The number of thioether (sulfide) groups is 1. The smallest absolute Gasteiger partial charge is 0.322 e. The second kappa shape index (κ2) is 11.6. The number of rotatable bonds is 8. The third-order valence-electron chi connectivity index (χ3n) is 6.53. The van der Waals surface area contributed by atoms with Crippen LogP contribution in [-0.4, -0.2) is 47.0 Å². The first-order valence-electron chi connectivity index (χ1n) is 12.1. The van der Waals surface area contributed by atoms with Crippen LogP contribution in [0.15, 0.2) is 76.4 Å². The first-order valence-corrected chi connectivity index (χ1v) is 13.4. The number of nitrogens with one attached hydrogen (secondary N) is 1. The van der Waals surface area contributed by atoms with Crippen molar-refractivity contribution >= 4 is 34.4 Å². The molecule has 1 unspecified atom stereocenters. The van der Waals surface area contributed by atoms with Crippen molar-refractivity contribution in [3.05, 3.63) is 94.0 Å². The lowest BCUT2D eigenvalue weighted by Gasteiger charge is -2.30. The molecule has 8 heteroatoms. The number of amides is 2. The summed E-state index contributed by atoms with van der Waals surface area (Å²) in [6, 6.07) is 20.1. The predicted molar refractivity (Wildman–Crippen MR) is 151 cm³/mol. The zero-order valence-corrected chi connectivity index (χ0v) is 22.6. The van der Waals surface area contributed by atoms with Crippen molar-refractivity contribution in [2.75, 3.05) is 31.8 Å². The summed E-state index contributed by atoms with van der Waals surface area (Å²) in [5.74, 6) is 0.482. The zero-order chi connectivity index (χ0) is 26.5. The molecule has 0 aliphatic carbocycles. The van der Waals surface area contributed by atoms with Gasteiger partial charge in [0.15, 0.2) is 0 Å². The molecule has 1 N–H and O–H groups in total. The third-order valence-corrected chi connectivity index (χ3v) is 7.27. The van der Waals surface area contributed by atoms with Crippen LogP contribution < -0.4 is 10.9 Å². The number of aryl methyl sites for hydroxylation is 2. The van der Waals surface area contributed by atoms with Crippen molar-refractivity contribution < 1.29 is 9.53 Å². The van der Waals surface area contributed by atoms with Gasteiger partial charge in [0.25, 0.3) is 5.56 Å². The Labute approximate surface area is 221 Å². The Morgan fingerprint density at radius 1 is 1.08 bits per heavy atom. The zero-order valence-electron chi connectivity index (χ0n) is 21.8. The summed E-state index contributed by atoms with van der Waals surface area (Å²) in [5, 5.41) is 3.51. The van der Waals surface area contributed by atoms with E-state index >= 15 is 0 Å². The summed E-state index contributed by atoms with van der Waals surface area (Å²) < 4.78 is 6.94. The number of nitrogens with zero attached hydrogens (tertiary/aromatic N) is 3. The van der Waals surface area contributed by atoms with Crippen LogP contribution in [0.4, 0.5) is 10.5 Å². The standard InChI is InChI=1S/C29H32N4O3S/c1-19-10-13-23(18-20(19)2)33-27(31-26-9-7-6-8-25(26)28(33)34)21(3)32(16-17-36-4)29(35)30-22-11-14-24(37-5)15-12-22/h6-15,18,21H,16-17H2,1-5H3,(H,30,35). The van der Waals surface area contributed by atoms with Crippen molar-refractivity contribution in [2.24, 2.45) is 0 Å². The first kappa shape index (κ1) is 26.4. The van der Waals surface area contributed by atoms with Crippen LogP contribution in [-0.2, 0) is 4.74 Å². The molecule has 3 aromatic carbocycles. The number of urea groups is 1. The molecule has 4 aromatic rings. The molecular formula is C29H32N4O3S. The molecule has 37 heavy (non-hydrogen) atoms. The highest BCUT2D eigenvalue weighted by atomic mass is 32.2. The first-order chi connectivity index (χ1) is 17.8. The van der Waals surface area contributed by atoms with E-state index in [9.17, 15) is 9.59 Å². The van der Waals surface area contributed by atoms with E-state index in [4.69, 9.17) is 9.72 Å². The average Bonchev–Trinajstić information content (AvgIpc) is 2.91. The summed E-state index contributed by atoms with van der Waals surface area (Å²) in [6.07, 6.45) is 2.01. The molecule has 0 radical (unpaired) electrons. The Hall–Kier alpha value is -3.62. The Morgan fingerprint density at radius 3 is 2.49 bits per heavy atom. The number of anilines is 1. The maximum absolute atomic E-state index is 13.8. The molecule has 1 aromatic heterocycles. The molecule has 1 atom stereocenters. The Morgan fingerprint density at radius 2 is 1.81 bits per heavy atom. The topological polar surface area (TPSA) is 76.5 Å². The predicted octanol–water partition coefficient (Wildman–Crippen LogP) is 5.97. The largest absolute Gasteiger partial charge is 0.383 e. The van der Waals surface area contributed by atoms with E-state index in [2.05, 4.69) is 5.32 Å². The van der Waals surface area contributed by atoms with Gasteiger partial charge in [0, 0.05) is 24.2 Å². The minimum Gasteiger partial charge on any atom is -0.383 e. The Kier molecular flexibility index (Phi) is 8.31. The van der Waals surface area contributed by atoms with Gasteiger partial charge in [-0.3, -0.25) is 9.36 Å². The fraction of sp³-hybridized carbons (Fsp3) is 0.276. The molecule has 1 heterocycles. The van der Waals surface area contributed by atoms with Crippen LogP contribution in [0.25, 0.3) is 16.6 Å². The van der Waals surface area contributed by atoms with Gasteiger partial charge in [-0.25, -0.2) is 9.78 Å². The number of carbonyl (C=O) groups is 1. The maximum Gasteiger partial charge on any atom is 0.322 e. The summed E-state index contributed by atoms with van der Waals surface area (Å²) >= 11 is 1.64. The number of para-hydroxylation sites is 1. The number of benzene rings is 3. The number of carbonyl (C=O) groups excluding carboxylic acids is 1. The minimum atomic E-state index is -0.528. The highest BCUT2D eigenvalue weighted by Gasteiger charge is 2.27. The van der Waals surface area contributed by atoms with Gasteiger partial charge in [-0.15, -0.1) is 11.8 Å².